The zero-order valence-electron chi connectivity index (χ0n) is 12.9. The van der Waals surface area contributed by atoms with Crippen LogP contribution in [0.5, 0.6) is 0 Å². The van der Waals surface area contributed by atoms with E-state index in [0.29, 0.717) is 6.54 Å². The monoisotopic (exact) mass is 308 g/mol. The first-order chi connectivity index (χ1) is 11.3. The van der Waals surface area contributed by atoms with Gasteiger partial charge in [0.25, 0.3) is 0 Å². The molecule has 1 aromatic carbocycles. The molecule has 0 bridgehead atoms. The minimum atomic E-state index is -0.285. The molecule has 0 saturated carbocycles. The van der Waals surface area contributed by atoms with Crippen molar-refractivity contribution in [3.8, 4) is 0 Å². The maximum Gasteiger partial charge on any atom is 0.121 e. The molecule has 3 aromatic rings. The summed E-state index contributed by atoms with van der Waals surface area (Å²) in [7, 11) is 0. The van der Waals surface area contributed by atoms with Gasteiger partial charge in [-0.05, 0) is 36.2 Å². The highest BCUT2D eigenvalue weighted by Crippen LogP contribution is 2.23. The Hall–Kier alpha value is -2.24. The molecule has 0 aliphatic carbocycles. The third kappa shape index (κ3) is 3.11. The average molecular weight is 308 g/mol. The van der Waals surface area contributed by atoms with Crippen molar-refractivity contribution in [1.29, 1.82) is 0 Å². The Balaban J connectivity index is 1.42. The van der Waals surface area contributed by atoms with Gasteiger partial charge in [0.05, 0.1) is 23.7 Å². The minimum absolute atomic E-state index is 0.266. The lowest BCUT2D eigenvalue weighted by Gasteiger charge is -2.14. The number of aromatic amines is 1. The first-order valence-electron chi connectivity index (χ1n) is 8.01. The van der Waals surface area contributed by atoms with Gasteiger partial charge in [-0.3, -0.25) is 9.88 Å². The van der Waals surface area contributed by atoms with Crippen LogP contribution in [0.25, 0.3) is 11.0 Å². The van der Waals surface area contributed by atoms with Crippen LogP contribution in [0, 0.1) is 5.92 Å². The van der Waals surface area contributed by atoms with E-state index in [4.69, 9.17) is 0 Å². The topological polar surface area (TPSA) is 65.0 Å². The van der Waals surface area contributed by atoms with Gasteiger partial charge in [-0.15, -0.1) is 0 Å². The van der Waals surface area contributed by atoms with Gasteiger partial charge in [0.2, 0.25) is 0 Å². The van der Waals surface area contributed by atoms with Crippen molar-refractivity contribution in [2.24, 2.45) is 5.92 Å². The number of hydrogen-bond donors (Lipinski definition) is 2. The summed E-state index contributed by atoms with van der Waals surface area (Å²) >= 11 is 0. The van der Waals surface area contributed by atoms with Gasteiger partial charge >= 0.3 is 0 Å². The molecule has 0 radical (unpaired) electrons. The van der Waals surface area contributed by atoms with Gasteiger partial charge < -0.3 is 10.1 Å². The lowest BCUT2D eigenvalue weighted by Crippen LogP contribution is -2.22. The SMILES string of the molecule is O[C@H]1CN(Cc2nc3ccccc3[nH]2)C[C@H]1Cc1ccncc1. The molecule has 3 heterocycles. The number of rotatable bonds is 4. The highest BCUT2D eigenvalue weighted by Gasteiger charge is 2.31. The zero-order valence-corrected chi connectivity index (χ0v) is 12.9. The van der Waals surface area contributed by atoms with Crippen LogP contribution in [0.2, 0.25) is 0 Å². The Morgan fingerprint density at radius 3 is 2.78 bits per heavy atom. The summed E-state index contributed by atoms with van der Waals surface area (Å²) in [5.74, 6) is 1.23. The van der Waals surface area contributed by atoms with Crippen LogP contribution in [-0.4, -0.2) is 44.2 Å². The summed E-state index contributed by atoms with van der Waals surface area (Å²) in [6.07, 6.45) is 4.22. The Labute approximate surface area is 135 Å². The molecule has 5 heteroatoms. The first kappa shape index (κ1) is 14.4. The van der Waals surface area contributed by atoms with Crippen LogP contribution in [-0.2, 0) is 13.0 Å². The molecule has 23 heavy (non-hydrogen) atoms. The molecule has 1 fully saturated rings. The highest BCUT2D eigenvalue weighted by molar-refractivity contribution is 5.74. The molecule has 0 unspecified atom stereocenters. The van der Waals surface area contributed by atoms with E-state index in [-0.39, 0.29) is 12.0 Å². The summed E-state index contributed by atoms with van der Waals surface area (Å²) < 4.78 is 0. The molecule has 2 N–H and O–H groups in total. The fraction of sp³-hybridized carbons (Fsp3) is 0.333. The second kappa shape index (κ2) is 6.10. The fourth-order valence-corrected chi connectivity index (χ4v) is 3.39. The number of nitrogens with zero attached hydrogens (tertiary/aromatic N) is 3. The summed E-state index contributed by atoms with van der Waals surface area (Å²) in [4.78, 5) is 14.3. The van der Waals surface area contributed by atoms with E-state index in [1.807, 2.05) is 48.8 Å². The predicted molar refractivity (Wildman–Crippen MR) is 88.8 cm³/mol. The summed E-state index contributed by atoms with van der Waals surface area (Å²) in [6, 6.07) is 12.1. The standard InChI is InChI=1S/C18H20N4O/c23-17-11-22(10-14(17)9-13-5-7-19-8-6-13)12-18-20-15-3-1-2-4-16(15)21-18/h1-8,14,17,23H,9-12H2,(H,20,21)/t14-,17+/m1/s1. The molecule has 0 spiro atoms. The van der Waals surface area contributed by atoms with E-state index < -0.39 is 0 Å². The quantitative estimate of drug-likeness (QED) is 0.773. The number of nitrogens with one attached hydrogen (secondary N) is 1. The second-order valence-electron chi connectivity index (χ2n) is 6.28. The number of β-amino-alcohol motifs (C(OH)–C–C–N with tert-alkyl or cyclic N) is 1. The Kier molecular flexibility index (Phi) is 3.81. The van der Waals surface area contributed by atoms with Crippen molar-refractivity contribution in [1.82, 2.24) is 19.9 Å². The number of aliphatic hydroxyl groups is 1. The third-order valence-electron chi connectivity index (χ3n) is 4.54. The Bertz CT molecular complexity index is 753. The van der Waals surface area contributed by atoms with Crippen molar-refractivity contribution in [3.63, 3.8) is 0 Å². The number of hydrogen-bond acceptors (Lipinski definition) is 4. The van der Waals surface area contributed by atoms with Crippen molar-refractivity contribution in [2.75, 3.05) is 13.1 Å². The fourth-order valence-electron chi connectivity index (χ4n) is 3.39. The molecule has 4 rings (SSSR count). The van der Waals surface area contributed by atoms with Gasteiger partial charge in [-0.2, -0.15) is 0 Å². The normalized spacial score (nSPS) is 22.0. The van der Waals surface area contributed by atoms with Crippen molar-refractivity contribution < 1.29 is 5.11 Å². The maximum atomic E-state index is 10.4. The molecular formula is C18H20N4O. The van der Waals surface area contributed by atoms with Crippen molar-refractivity contribution in [3.05, 3.63) is 60.2 Å². The van der Waals surface area contributed by atoms with Gasteiger partial charge in [-0.25, -0.2) is 4.98 Å². The number of pyridine rings is 1. The summed E-state index contributed by atoms with van der Waals surface area (Å²) in [5.41, 5.74) is 3.29. The number of likely N-dealkylation sites (tertiary alicyclic amines) is 1. The minimum Gasteiger partial charge on any atom is -0.391 e. The number of imidazole rings is 1. The van der Waals surface area contributed by atoms with Gasteiger partial charge in [0.1, 0.15) is 5.82 Å². The van der Waals surface area contributed by atoms with E-state index in [1.165, 1.54) is 5.56 Å². The van der Waals surface area contributed by atoms with Crippen LogP contribution in [0.4, 0.5) is 0 Å². The number of aliphatic hydroxyl groups excluding tert-OH is 1. The van der Waals surface area contributed by atoms with Crippen LogP contribution in [0.3, 0.4) is 0 Å². The van der Waals surface area contributed by atoms with E-state index >= 15 is 0 Å². The maximum absolute atomic E-state index is 10.4. The molecule has 118 valence electrons. The Morgan fingerprint density at radius 1 is 1.13 bits per heavy atom. The predicted octanol–water partition coefficient (Wildman–Crippen LogP) is 1.99. The lowest BCUT2D eigenvalue weighted by molar-refractivity contribution is 0.141. The highest BCUT2D eigenvalue weighted by atomic mass is 16.3. The second-order valence-corrected chi connectivity index (χ2v) is 6.28. The molecular weight excluding hydrogens is 288 g/mol. The zero-order chi connectivity index (χ0) is 15.6. The van der Waals surface area contributed by atoms with Crippen LogP contribution < -0.4 is 0 Å². The molecule has 1 saturated heterocycles. The third-order valence-corrected chi connectivity index (χ3v) is 4.54. The van der Waals surface area contributed by atoms with Crippen molar-refractivity contribution >= 4 is 11.0 Å². The number of aromatic nitrogens is 3. The van der Waals surface area contributed by atoms with Crippen LogP contribution in [0.1, 0.15) is 11.4 Å². The van der Waals surface area contributed by atoms with Gasteiger partial charge in [-0.1, -0.05) is 12.1 Å². The Morgan fingerprint density at radius 2 is 1.96 bits per heavy atom. The summed E-state index contributed by atoms with van der Waals surface area (Å²) in [5, 5.41) is 10.4. The van der Waals surface area contributed by atoms with Crippen molar-refractivity contribution in [2.45, 2.75) is 19.1 Å². The van der Waals surface area contributed by atoms with E-state index in [0.717, 1.165) is 36.4 Å². The van der Waals surface area contributed by atoms with E-state index in [2.05, 4.69) is 19.9 Å². The number of para-hydroxylation sites is 2. The molecule has 1 aliphatic rings. The number of benzene rings is 1. The first-order valence-corrected chi connectivity index (χ1v) is 8.01. The number of fused-ring (bicyclic) bond motifs is 1. The number of H-pyrrole nitrogens is 1. The van der Waals surface area contributed by atoms with Gasteiger partial charge in [0, 0.05) is 31.4 Å². The lowest BCUT2D eigenvalue weighted by atomic mass is 9.97. The van der Waals surface area contributed by atoms with Gasteiger partial charge in [0.15, 0.2) is 0 Å². The molecule has 2 atom stereocenters. The average Bonchev–Trinajstić information content (AvgIpc) is 3.11. The smallest absolute Gasteiger partial charge is 0.121 e. The molecule has 1 aliphatic heterocycles. The van der Waals surface area contributed by atoms with Crippen LogP contribution in [0.15, 0.2) is 48.8 Å². The molecule has 5 nitrogen and oxygen atoms in total. The summed E-state index contributed by atoms with van der Waals surface area (Å²) in [6.45, 7) is 2.34. The molecule has 2 aromatic heterocycles. The van der Waals surface area contributed by atoms with E-state index in [9.17, 15) is 5.11 Å². The molecule has 0 amide bonds. The van der Waals surface area contributed by atoms with Crippen LogP contribution >= 0.6 is 0 Å². The largest absolute Gasteiger partial charge is 0.391 e. The van der Waals surface area contributed by atoms with E-state index in [1.54, 1.807) is 0 Å².